The maximum absolute atomic E-state index is 12.7. The van der Waals surface area contributed by atoms with Crippen LogP contribution in [0.2, 0.25) is 0 Å². The van der Waals surface area contributed by atoms with Crippen LogP contribution in [0.15, 0.2) is 24.3 Å². The summed E-state index contributed by atoms with van der Waals surface area (Å²) in [6.45, 7) is 3.33. The lowest BCUT2D eigenvalue weighted by molar-refractivity contribution is -0.305. The van der Waals surface area contributed by atoms with Crippen molar-refractivity contribution in [2.75, 3.05) is 19.8 Å². The number of ether oxygens (including phenoxy) is 4. The van der Waals surface area contributed by atoms with Crippen LogP contribution >= 0.6 is 0 Å². The average molecular weight is 699 g/mol. The molecule has 0 spiro atoms. The number of rotatable bonds is 31. The zero-order valence-corrected chi connectivity index (χ0v) is 30.7. The first-order valence-electron chi connectivity index (χ1n) is 19.4. The van der Waals surface area contributed by atoms with Gasteiger partial charge in [-0.2, -0.15) is 0 Å². The van der Waals surface area contributed by atoms with Gasteiger partial charge in [-0.15, -0.1) is 0 Å². The lowest BCUT2D eigenvalue weighted by atomic mass is 9.99. The fraction of sp³-hybridized carbons (Fsp3) is 0.846. The standard InChI is InChI=1S/C39H70O10/c1-3-5-7-9-11-13-15-16-17-18-20-22-24-26-28-35(42)48-32(31-47-39-38(45)37(44)36(43)33(29-40)49-39)30-46-34(41)27-25-23-21-19-14-12-10-8-6-4-2/h9,11,15-16,32-33,36-40,43-45H,3-8,10,12-14,17-31H2,1-2H3/b11-9+,16-15+/t32-,33-,36+,37?,38?,39-/m1/s1. The van der Waals surface area contributed by atoms with E-state index in [1.807, 2.05) is 0 Å². The van der Waals surface area contributed by atoms with Gasteiger partial charge in [-0.05, 0) is 38.5 Å². The Morgan fingerprint density at radius 2 is 1.16 bits per heavy atom. The molecule has 0 bridgehead atoms. The van der Waals surface area contributed by atoms with E-state index in [1.54, 1.807) is 0 Å². The zero-order valence-electron chi connectivity index (χ0n) is 30.7. The van der Waals surface area contributed by atoms with Crippen LogP contribution in [0, 0.1) is 0 Å². The summed E-state index contributed by atoms with van der Waals surface area (Å²) in [6.07, 6.45) is 23.3. The molecule has 0 aromatic rings. The minimum Gasteiger partial charge on any atom is -0.462 e. The van der Waals surface area contributed by atoms with E-state index in [2.05, 4.69) is 38.2 Å². The third kappa shape index (κ3) is 23.3. The Kier molecular flexibility index (Phi) is 28.6. The molecule has 49 heavy (non-hydrogen) atoms. The van der Waals surface area contributed by atoms with Crippen LogP contribution in [-0.4, -0.2) is 89.0 Å². The molecule has 6 atom stereocenters. The highest BCUT2D eigenvalue weighted by atomic mass is 16.7. The highest BCUT2D eigenvalue weighted by Gasteiger charge is 2.44. The predicted molar refractivity (Wildman–Crippen MR) is 192 cm³/mol. The summed E-state index contributed by atoms with van der Waals surface area (Å²) in [5.41, 5.74) is 0. The predicted octanol–water partition coefficient (Wildman–Crippen LogP) is 6.99. The minimum absolute atomic E-state index is 0.216. The van der Waals surface area contributed by atoms with Crippen LogP contribution < -0.4 is 0 Å². The number of allylic oxidation sites excluding steroid dienone is 4. The molecule has 286 valence electrons. The molecule has 0 aromatic heterocycles. The second-order valence-corrected chi connectivity index (χ2v) is 13.4. The molecule has 4 N–H and O–H groups in total. The zero-order chi connectivity index (χ0) is 36.0. The van der Waals surface area contributed by atoms with Crippen molar-refractivity contribution in [3.8, 4) is 0 Å². The summed E-state index contributed by atoms with van der Waals surface area (Å²) in [4.78, 5) is 25.1. The number of unbranched alkanes of at least 4 members (excludes halogenated alkanes) is 16. The topological polar surface area (TPSA) is 152 Å². The molecular formula is C39H70O10. The Hall–Kier alpha value is -1.82. The fourth-order valence-electron chi connectivity index (χ4n) is 5.67. The number of hydrogen-bond acceptors (Lipinski definition) is 10. The molecule has 10 heteroatoms. The van der Waals surface area contributed by atoms with E-state index < -0.39 is 49.4 Å². The molecule has 1 aliphatic rings. The van der Waals surface area contributed by atoms with E-state index in [4.69, 9.17) is 18.9 Å². The van der Waals surface area contributed by atoms with E-state index in [0.717, 1.165) is 64.2 Å². The van der Waals surface area contributed by atoms with Crippen LogP contribution in [0.5, 0.6) is 0 Å². The van der Waals surface area contributed by atoms with E-state index in [1.165, 1.54) is 57.8 Å². The summed E-state index contributed by atoms with van der Waals surface area (Å²) in [7, 11) is 0. The summed E-state index contributed by atoms with van der Waals surface area (Å²) in [6, 6.07) is 0. The second kappa shape index (κ2) is 31.0. The SMILES string of the molecule is CCCC/C=C/C/C=C/CCCCCCCC(=O)O[C@H](COC(=O)CCCCCCCCCCCC)CO[C@@H]1O[C@H](CO)[C@H](O)C(O)C1O. The number of esters is 2. The average Bonchev–Trinajstić information content (AvgIpc) is 3.10. The van der Waals surface area contributed by atoms with Gasteiger partial charge < -0.3 is 39.4 Å². The van der Waals surface area contributed by atoms with Crippen molar-refractivity contribution in [3.63, 3.8) is 0 Å². The van der Waals surface area contributed by atoms with Crippen LogP contribution in [-0.2, 0) is 28.5 Å². The molecule has 1 heterocycles. The van der Waals surface area contributed by atoms with Crippen molar-refractivity contribution in [1.82, 2.24) is 0 Å². The lowest BCUT2D eigenvalue weighted by Crippen LogP contribution is -2.59. The van der Waals surface area contributed by atoms with Crippen LogP contribution in [0.25, 0.3) is 0 Å². The van der Waals surface area contributed by atoms with Crippen molar-refractivity contribution in [3.05, 3.63) is 24.3 Å². The largest absolute Gasteiger partial charge is 0.462 e. The number of aliphatic hydroxyl groups excluding tert-OH is 4. The summed E-state index contributed by atoms with van der Waals surface area (Å²) in [5.74, 6) is -0.824. The van der Waals surface area contributed by atoms with Crippen molar-refractivity contribution in [2.24, 2.45) is 0 Å². The highest BCUT2D eigenvalue weighted by molar-refractivity contribution is 5.70. The Labute approximate surface area is 296 Å². The maximum Gasteiger partial charge on any atom is 0.306 e. The van der Waals surface area contributed by atoms with Crippen LogP contribution in [0.1, 0.15) is 155 Å². The molecule has 1 fully saturated rings. The van der Waals surface area contributed by atoms with Crippen LogP contribution in [0.4, 0.5) is 0 Å². The monoisotopic (exact) mass is 698 g/mol. The van der Waals surface area contributed by atoms with Gasteiger partial charge in [-0.1, -0.05) is 128 Å². The molecule has 1 aliphatic heterocycles. The van der Waals surface area contributed by atoms with Gasteiger partial charge in [0.15, 0.2) is 12.4 Å². The normalized spacial score (nSPS) is 21.8. The number of carbonyl (C=O) groups excluding carboxylic acids is 2. The van der Waals surface area contributed by atoms with Gasteiger partial charge in [0, 0.05) is 12.8 Å². The molecule has 0 radical (unpaired) electrons. The van der Waals surface area contributed by atoms with Crippen LogP contribution in [0.3, 0.4) is 0 Å². The molecule has 0 amide bonds. The third-order valence-corrected chi connectivity index (χ3v) is 8.84. The van der Waals surface area contributed by atoms with Gasteiger partial charge in [0.05, 0.1) is 13.2 Å². The summed E-state index contributed by atoms with van der Waals surface area (Å²) < 4.78 is 22.0. The quantitative estimate of drug-likeness (QED) is 0.0339. The van der Waals surface area contributed by atoms with E-state index in [9.17, 15) is 30.0 Å². The first-order valence-corrected chi connectivity index (χ1v) is 19.4. The van der Waals surface area contributed by atoms with Gasteiger partial charge in [0.1, 0.15) is 31.0 Å². The maximum atomic E-state index is 12.7. The molecule has 0 aromatic carbocycles. The number of aliphatic hydroxyl groups is 4. The van der Waals surface area contributed by atoms with Crippen molar-refractivity contribution in [1.29, 1.82) is 0 Å². The summed E-state index contributed by atoms with van der Waals surface area (Å²) in [5, 5.41) is 39.9. The Morgan fingerprint density at radius 1 is 0.633 bits per heavy atom. The van der Waals surface area contributed by atoms with E-state index in [0.29, 0.717) is 6.42 Å². The molecule has 0 aliphatic carbocycles. The highest BCUT2D eigenvalue weighted by Crippen LogP contribution is 2.22. The second-order valence-electron chi connectivity index (χ2n) is 13.4. The lowest BCUT2D eigenvalue weighted by Gasteiger charge is -2.39. The van der Waals surface area contributed by atoms with Gasteiger partial charge in [0.2, 0.25) is 0 Å². The van der Waals surface area contributed by atoms with Gasteiger partial charge in [0.25, 0.3) is 0 Å². The molecule has 10 nitrogen and oxygen atoms in total. The first-order chi connectivity index (χ1) is 23.8. The Bertz CT molecular complexity index is 861. The number of hydrogen-bond donors (Lipinski definition) is 4. The van der Waals surface area contributed by atoms with E-state index >= 15 is 0 Å². The molecule has 0 saturated carbocycles. The fourth-order valence-corrected chi connectivity index (χ4v) is 5.67. The van der Waals surface area contributed by atoms with Gasteiger partial charge >= 0.3 is 11.9 Å². The third-order valence-electron chi connectivity index (χ3n) is 8.84. The number of carbonyl (C=O) groups is 2. The smallest absolute Gasteiger partial charge is 0.306 e. The Balaban J connectivity index is 2.41. The Morgan fingerprint density at radius 3 is 1.76 bits per heavy atom. The first kappa shape index (κ1) is 45.2. The van der Waals surface area contributed by atoms with Crippen molar-refractivity contribution < 1.29 is 49.0 Å². The molecule has 1 saturated heterocycles. The van der Waals surface area contributed by atoms with Crippen molar-refractivity contribution in [2.45, 2.75) is 192 Å². The van der Waals surface area contributed by atoms with Gasteiger partial charge in [-0.25, -0.2) is 0 Å². The summed E-state index contributed by atoms with van der Waals surface area (Å²) >= 11 is 0. The van der Waals surface area contributed by atoms with E-state index in [-0.39, 0.29) is 32.0 Å². The molecular weight excluding hydrogens is 628 g/mol. The molecule has 2 unspecified atom stereocenters. The minimum atomic E-state index is -1.59. The van der Waals surface area contributed by atoms with Crippen molar-refractivity contribution >= 4 is 11.9 Å². The molecule has 1 rings (SSSR count). The van der Waals surface area contributed by atoms with Gasteiger partial charge in [-0.3, -0.25) is 9.59 Å².